The molecule has 0 aromatic heterocycles. The first-order valence-corrected chi connectivity index (χ1v) is 12.2. The summed E-state index contributed by atoms with van der Waals surface area (Å²) in [5, 5.41) is 2.84. The second kappa shape index (κ2) is 10.7. The number of nitrogens with zero attached hydrogens (tertiary/aromatic N) is 1. The number of carbonyl (C=O) groups excluding carboxylic acids is 2. The van der Waals surface area contributed by atoms with E-state index in [9.17, 15) is 18.0 Å². The lowest BCUT2D eigenvalue weighted by molar-refractivity contribution is 0.0300. The number of hydrogen-bond acceptors (Lipinski definition) is 6. The van der Waals surface area contributed by atoms with Crippen molar-refractivity contribution in [3.63, 3.8) is 0 Å². The summed E-state index contributed by atoms with van der Waals surface area (Å²) in [6, 6.07) is 10.4. The maximum Gasteiger partial charge on any atom is 0.261 e. The Hall–Kier alpha value is -3.11. The molecule has 2 aromatic carbocycles. The van der Waals surface area contributed by atoms with Gasteiger partial charge >= 0.3 is 0 Å². The van der Waals surface area contributed by atoms with E-state index in [4.69, 9.17) is 9.47 Å². The molecule has 1 heterocycles. The van der Waals surface area contributed by atoms with E-state index >= 15 is 0 Å². The molecule has 0 unspecified atom stereocenters. The van der Waals surface area contributed by atoms with Crippen molar-refractivity contribution < 1.29 is 27.5 Å². The molecule has 10 heteroatoms. The predicted octanol–water partition coefficient (Wildman–Crippen LogP) is 2.50. The number of sulfonamides is 1. The van der Waals surface area contributed by atoms with Crippen LogP contribution in [0, 0.1) is 0 Å². The van der Waals surface area contributed by atoms with Crippen LogP contribution in [0.1, 0.15) is 41.0 Å². The summed E-state index contributed by atoms with van der Waals surface area (Å²) in [6.07, 6.45) is 0.741. The predicted molar refractivity (Wildman–Crippen MR) is 124 cm³/mol. The summed E-state index contributed by atoms with van der Waals surface area (Å²) in [6.45, 7) is 5.48. The monoisotopic (exact) mass is 475 g/mol. The Balaban J connectivity index is 1.91. The van der Waals surface area contributed by atoms with Crippen LogP contribution in [-0.2, 0) is 14.8 Å². The van der Waals surface area contributed by atoms with E-state index in [1.165, 1.54) is 31.4 Å². The fourth-order valence-electron chi connectivity index (χ4n) is 3.34. The Morgan fingerprint density at radius 3 is 2.48 bits per heavy atom. The van der Waals surface area contributed by atoms with Crippen LogP contribution in [0.25, 0.3) is 0 Å². The molecule has 0 spiro atoms. The first-order valence-electron chi connectivity index (χ1n) is 10.7. The second-order valence-electron chi connectivity index (χ2n) is 7.70. The van der Waals surface area contributed by atoms with Crippen molar-refractivity contribution in [2.45, 2.75) is 31.2 Å². The highest BCUT2D eigenvalue weighted by Crippen LogP contribution is 2.27. The first-order chi connectivity index (χ1) is 15.8. The van der Waals surface area contributed by atoms with Gasteiger partial charge in [-0.3, -0.25) is 14.3 Å². The van der Waals surface area contributed by atoms with Crippen molar-refractivity contribution >= 4 is 27.5 Å². The minimum absolute atomic E-state index is 0.0579. The normalized spacial score (nSPS) is 14.9. The van der Waals surface area contributed by atoms with Crippen LogP contribution in [0.15, 0.2) is 47.4 Å². The zero-order chi connectivity index (χ0) is 24.0. The molecule has 2 aromatic rings. The van der Waals surface area contributed by atoms with Crippen molar-refractivity contribution in [3.8, 4) is 5.75 Å². The van der Waals surface area contributed by atoms with Crippen molar-refractivity contribution in [2.24, 2.45) is 0 Å². The topological polar surface area (TPSA) is 114 Å². The van der Waals surface area contributed by atoms with Gasteiger partial charge in [0.05, 0.1) is 42.0 Å². The number of methoxy groups -OCH3 is 1. The number of benzene rings is 2. The first kappa shape index (κ1) is 24.5. The Labute approximate surface area is 194 Å². The summed E-state index contributed by atoms with van der Waals surface area (Å²) in [7, 11) is -2.68. The van der Waals surface area contributed by atoms with Crippen LogP contribution in [0.3, 0.4) is 0 Å². The number of carbonyl (C=O) groups is 2. The molecule has 1 fully saturated rings. The molecule has 1 aliphatic heterocycles. The molecule has 9 nitrogen and oxygen atoms in total. The molecule has 0 bridgehead atoms. The number of hydrogen-bond donors (Lipinski definition) is 2. The second-order valence-corrected chi connectivity index (χ2v) is 9.38. The van der Waals surface area contributed by atoms with Crippen LogP contribution < -0.4 is 14.8 Å². The van der Waals surface area contributed by atoms with Gasteiger partial charge in [0, 0.05) is 19.1 Å². The van der Waals surface area contributed by atoms with Crippen LogP contribution in [0.4, 0.5) is 5.69 Å². The third-order valence-electron chi connectivity index (χ3n) is 5.42. The van der Waals surface area contributed by atoms with Crippen molar-refractivity contribution in [1.29, 1.82) is 0 Å². The number of para-hydroxylation sites is 1. The van der Waals surface area contributed by atoms with Crippen molar-refractivity contribution in [1.82, 2.24) is 10.2 Å². The van der Waals surface area contributed by atoms with Crippen molar-refractivity contribution in [2.75, 3.05) is 38.1 Å². The smallest absolute Gasteiger partial charge is 0.261 e. The molecule has 3 rings (SSSR count). The molecule has 0 radical (unpaired) electrons. The summed E-state index contributed by atoms with van der Waals surface area (Å²) >= 11 is 0. The van der Waals surface area contributed by atoms with Gasteiger partial charge < -0.3 is 19.7 Å². The van der Waals surface area contributed by atoms with Gasteiger partial charge in [0.25, 0.3) is 21.8 Å². The number of rotatable bonds is 8. The van der Waals surface area contributed by atoms with E-state index in [0.717, 1.165) is 6.42 Å². The van der Waals surface area contributed by atoms with E-state index in [1.54, 1.807) is 23.1 Å². The number of morpholine rings is 1. The Kier molecular flexibility index (Phi) is 7.93. The minimum atomic E-state index is -4.10. The Morgan fingerprint density at radius 2 is 1.82 bits per heavy atom. The fourth-order valence-corrected chi connectivity index (χ4v) is 4.44. The quantitative estimate of drug-likeness (QED) is 0.606. The molecular formula is C23H29N3O6S. The van der Waals surface area contributed by atoms with Gasteiger partial charge in [0.1, 0.15) is 5.75 Å². The van der Waals surface area contributed by atoms with E-state index < -0.39 is 10.0 Å². The van der Waals surface area contributed by atoms with Gasteiger partial charge in [-0.1, -0.05) is 19.1 Å². The highest BCUT2D eigenvalue weighted by Gasteiger charge is 2.25. The highest BCUT2D eigenvalue weighted by atomic mass is 32.2. The van der Waals surface area contributed by atoms with Crippen LogP contribution >= 0.6 is 0 Å². The summed E-state index contributed by atoms with van der Waals surface area (Å²) in [5.41, 5.74) is 0.500. The molecule has 1 saturated heterocycles. The zero-order valence-electron chi connectivity index (χ0n) is 19.0. The number of anilines is 1. The zero-order valence-corrected chi connectivity index (χ0v) is 19.8. The summed E-state index contributed by atoms with van der Waals surface area (Å²) < 4.78 is 39.4. The number of nitrogens with one attached hydrogen (secondary N) is 2. The van der Waals surface area contributed by atoms with Gasteiger partial charge in [0.2, 0.25) is 0 Å². The Morgan fingerprint density at radius 1 is 1.12 bits per heavy atom. The maximum atomic E-state index is 13.2. The number of ether oxygens (including phenoxy) is 2. The van der Waals surface area contributed by atoms with Gasteiger partial charge in [-0.15, -0.1) is 0 Å². The molecule has 0 saturated carbocycles. The lowest BCUT2D eigenvalue weighted by atomic mass is 10.1. The average Bonchev–Trinajstić information content (AvgIpc) is 2.83. The summed E-state index contributed by atoms with van der Waals surface area (Å²) in [5.74, 6) is -0.431. The van der Waals surface area contributed by atoms with E-state index in [1.807, 2.05) is 13.8 Å². The standard InChI is InChI=1S/C23H29N3O6S/c1-4-16(2)24-22(27)18-7-5-6-8-20(18)25-33(29,30)17-9-10-21(31-3)19(15-17)23(28)26-11-13-32-14-12-26/h5-10,15-16,25H,4,11-14H2,1-3H3,(H,24,27)/t16-/m1/s1. The third-order valence-corrected chi connectivity index (χ3v) is 6.78. The van der Waals surface area contributed by atoms with Crippen LogP contribution in [0.5, 0.6) is 5.75 Å². The molecule has 33 heavy (non-hydrogen) atoms. The van der Waals surface area contributed by atoms with Crippen molar-refractivity contribution in [3.05, 3.63) is 53.6 Å². The molecule has 2 amide bonds. The van der Waals surface area contributed by atoms with Crippen LogP contribution in [-0.4, -0.2) is 64.6 Å². The largest absolute Gasteiger partial charge is 0.496 e. The molecule has 2 N–H and O–H groups in total. The van der Waals surface area contributed by atoms with Gasteiger partial charge in [-0.05, 0) is 43.7 Å². The lowest BCUT2D eigenvalue weighted by Crippen LogP contribution is -2.40. The minimum Gasteiger partial charge on any atom is -0.496 e. The van der Waals surface area contributed by atoms with Gasteiger partial charge in [-0.25, -0.2) is 8.42 Å². The van der Waals surface area contributed by atoms with E-state index in [0.29, 0.717) is 26.3 Å². The molecule has 178 valence electrons. The van der Waals surface area contributed by atoms with E-state index in [-0.39, 0.29) is 45.3 Å². The fraction of sp³-hybridized carbons (Fsp3) is 0.391. The van der Waals surface area contributed by atoms with E-state index in [2.05, 4.69) is 10.0 Å². The highest BCUT2D eigenvalue weighted by molar-refractivity contribution is 7.92. The molecule has 1 aliphatic rings. The third kappa shape index (κ3) is 5.82. The van der Waals surface area contributed by atoms with Crippen LogP contribution in [0.2, 0.25) is 0 Å². The molecule has 0 aliphatic carbocycles. The maximum absolute atomic E-state index is 13.2. The average molecular weight is 476 g/mol. The SMILES string of the molecule is CC[C@@H](C)NC(=O)c1ccccc1NS(=O)(=O)c1ccc(OC)c(C(=O)N2CCOCC2)c1. The van der Waals surface area contributed by atoms with Gasteiger partial charge in [-0.2, -0.15) is 0 Å². The van der Waals surface area contributed by atoms with Gasteiger partial charge in [0.15, 0.2) is 0 Å². The molecular weight excluding hydrogens is 446 g/mol. The Bertz CT molecular complexity index is 1110. The number of amides is 2. The lowest BCUT2D eigenvalue weighted by Gasteiger charge is -2.27. The summed E-state index contributed by atoms with van der Waals surface area (Å²) in [4.78, 5) is 27.1. The molecule has 1 atom stereocenters.